The molecule has 1 atom stereocenters. The molecule has 0 aliphatic heterocycles. The standard InChI is InChI=1S/C15H18N2OS/c1-9(10-2-3-10)8-17-15(18)14-7-11-6-12(16)4-5-13(11)19-14/h4-7,9-10H,2-3,8,16H2,1H3,(H,17,18). The molecule has 1 aromatic heterocycles. The average molecular weight is 274 g/mol. The molecule has 0 spiro atoms. The maximum absolute atomic E-state index is 12.1. The number of benzene rings is 1. The zero-order valence-electron chi connectivity index (χ0n) is 11.0. The summed E-state index contributed by atoms with van der Waals surface area (Å²) >= 11 is 1.52. The van der Waals surface area contributed by atoms with Crippen LogP contribution < -0.4 is 11.1 Å². The highest BCUT2D eigenvalue weighted by molar-refractivity contribution is 7.20. The number of carbonyl (C=O) groups excluding carboxylic acids is 1. The van der Waals surface area contributed by atoms with Gasteiger partial charge in [0.1, 0.15) is 0 Å². The Kier molecular flexibility index (Phi) is 3.19. The third kappa shape index (κ3) is 2.73. The van der Waals surface area contributed by atoms with Crippen LogP contribution in [0.1, 0.15) is 29.4 Å². The molecule has 3 N–H and O–H groups in total. The van der Waals surface area contributed by atoms with Gasteiger partial charge in [-0.25, -0.2) is 0 Å². The first-order valence-corrected chi connectivity index (χ1v) is 7.52. The molecule has 1 heterocycles. The number of fused-ring (bicyclic) bond motifs is 1. The Labute approximate surface area is 116 Å². The number of thiophene rings is 1. The van der Waals surface area contributed by atoms with Crippen LogP contribution in [0, 0.1) is 11.8 Å². The van der Waals surface area contributed by atoms with E-state index in [1.165, 1.54) is 24.2 Å². The lowest BCUT2D eigenvalue weighted by Gasteiger charge is -2.10. The third-order valence-electron chi connectivity index (χ3n) is 3.78. The fourth-order valence-electron chi connectivity index (χ4n) is 2.35. The second-order valence-corrected chi connectivity index (χ2v) is 6.52. The Morgan fingerprint density at radius 3 is 3.00 bits per heavy atom. The van der Waals surface area contributed by atoms with Gasteiger partial charge in [0.2, 0.25) is 0 Å². The molecule has 1 saturated carbocycles. The maximum atomic E-state index is 12.1. The molecule has 3 rings (SSSR count). The Hall–Kier alpha value is -1.55. The first kappa shape index (κ1) is 12.5. The van der Waals surface area contributed by atoms with Crippen LogP contribution >= 0.6 is 11.3 Å². The predicted molar refractivity (Wildman–Crippen MR) is 80.5 cm³/mol. The predicted octanol–water partition coefficient (Wildman–Crippen LogP) is 3.26. The summed E-state index contributed by atoms with van der Waals surface area (Å²) < 4.78 is 1.11. The topological polar surface area (TPSA) is 55.1 Å². The highest BCUT2D eigenvalue weighted by Crippen LogP contribution is 2.36. The number of nitrogen functional groups attached to an aromatic ring is 1. The number of amides is 1. The van der Waals surface area contributed by atoms with Gasteiger partial charge in [0.05, 0.1) is 4.88 Å². The molecule has 0 radical (unpaired) electrons. The fraction of sp³-hybridized carbons (Fsp3) is 0.400. The van der Waals surface area contributed by atoms with E-state index >= 15 is 0 Å². The quantitative estimate of drug-likeness (QED) is 0.841. The van der Waals surface area contributed by atoms with Crippen LogP contribution in [0.2, 0.25) is 0 Å². The number of carbonyl (C=O) groups is 1. The van der Waals surface area contributed by atoms with E-state index in [1.54, 1.807) is 0 Å². The first-order valence-electron chi connectivity index (χ1n) is 6.71. The van der Waals surface area contributed by atoms with Crippen molar-refractivity contribution in [1.29, 1.82) is 0 Å². The van der Waals surface area contributed by atoms with Crippen molar-refractivity contribution >= 4 is 33.0 Å². The summed E-state index contributed by atoms with van der Waals surface area (Å²) in [5.41, 5.74) is 6.49. The van der Waals surface area contributed by atoms with E-state index in [1.807, 2.05) is 24.3 Å². The molecule has 100 valence electrons. The van der Waals surface area contributed by atoms with Crippen molar-refractivity contribution in [2.75, 3.05) is 12.3 Å². The van der Waals surface area contributed by atoms with Crippen LogP contribution in [-0.4, -0.2) is 12.5 Å². The van der Waals surface area contributed by atoms with Gasteiger partial charge in [0.25, 0.3) is 5.91 Å². The fourth-order valence-corrected chi connectivity index (χ4v) is 3.31. The Balaban J connectivity index is 1.70. The van der Waals surface area contributed by atoms with E-state index < -0.39 is 0 Å². The van der Waals surface area contributed by atoms with Gasteiger partial charge in [-0.2, -0.15) is 0 Å². The Bertz CT molecular complexity index is 616. The van der Waals surface area contributed by atoms with Crippen LogP contribution in [0.3, 0.4) is 0 Å². The molecule has 19 heavy (non-hydrogen) atoms. The van der Waals surface area contributed by atoms with Crippen molar-refractivity contribution in [3.8, 4) is 0 Å². The average Bonchev–Trinajstić information content (AvgIpc) is 3.15. The summed E-state index contributed by atoms with van der Waals surface area (Å²) in [7, 11) is 0. The van der Waals surface area contributed by atoms with Gasteiger partial charge in [-0.05, 0) is 54.3 Å². The van der Waals surface area contributed by atoms with Crippen molar-refractivity contribution in [3.63, 3.8) is 0 Å². The molecule has 1 aliphatic rings. The lowest BCUT2D eigenvalue weighted by molar-refractivity contribution is 0.0951. The monoisotopic (exact) mass is 274 g/mol. The van der Waals surface area contributed by atoms with Crippen molar-refractivity contribution in [1.82, 2.24) is 5.32 Å². The highest BCUT2D eigenvalue weighted by atomic mass is 32.1. The van der Waals surface area contributed by atoms with Crippen LogP contribution in [0.15, 0.2) is 24.3 Å². The second kappa shape index (κ2) is 4.85. The Morgan fingerprint density at radius 1 is 1.47 bits per heavy atom. The zero-order chi connectivity index (χ0) is 13.4. The second-order valence-electron chi connectivity index (χ2n) is 5.43. The summed E-state index contributed by atoms with van der Waals surface area (Å²) in [5.74, 6) is 1.45. The smallest absolute Gasteiger partial charge is 0.261 e. The number of hydrogen-bond acceptors (Lipinski definition) is 3. The molecule has 1 amide bonds. The van der Waals surface area contributed by atoms with E-state index in [-0.39, 0.29) is 5.91 Å². The van der Waals surface area contributed by atoms with Crippen molar-refractivity contribution in [3.05, 3.63) is 29.1 Å². The molecule has 0 saturated heterocycles. The molecule has 2 aromatic rings. The Morgan fingerprint density at radius 2 is 2.26 bits per heavy atom. The van der Waals surface area contributed by atoms with Gasteiger partial charge in [-0.1, -0.05) is 6.92 Å². The lowest BCUT2D eigenvalue weighted by Crippen LogP contribution is -2.28. The van der Waals surface area contributed by atoms with Gasteiger partial charge in [0.15, 0.2) is 0 Å². The van der Waals surface area contributed by atoms with Gasteiger partial charge in [-0.3, -0.25) is 4.79 Å². The largest absolute Gasteiger partial charge is 0.399 e. The molecule has 4 heteroatoms. The lowest BCUT2D eigenvalue weighted by atomic mass is 10.1. The molecule has 1 unspecified atom stereocenters. The first-order chi connectivity index (χ1) is 9.13. The van der Waals surface area contributed by atoms with Gasteiger partial charge in [0, 0.05) is 16.9 Å². The number of nitrogens with one attached hydrogen (secondary N) is 1. The van der Waals surface area contributed by atoms with Crippen molar-refractivity contribution in [2.24, 2.45) is 11.8 Å². The zero-order valence-corrected chi connectivity index (χ0v) is 11.8. The SMILES string of the molecule is CC(CNC(=O)c1cc2cc(N)ccc2s1)C1CC1. The summed E-state index contributed by atoms with van der Waals surface area (Å²) in [6.45, 7) is 2.99. The van der Waals surface area contributed by atoms with Gasteiger partial charge < -0.3 is 11.1 Å². The van der Waals surface area contributed by atoms with Crippen LogP contribution in [0.4, 0.5) is 5.69 Å². The molecular formula is C15H18N2OS. The normalized spacial score (nSPS) is 16.5. The molecule has 1 aliphatic carbocycles. The molecule has 1 aromatic carbocycles. The van der Waals surface area contributed by atoms with E-state index in [9.17, 15) is 4.79 Å². The minimum atomic E-state index is 0.0345. The summed E-state index contributed by atoms with van der Waals surface area (Å²) in [4.78, 5) is 12.9. The van der Waals surface area contributed by atoms with Crippen LogP contribution in [0.25, 0.3) is 10.1 Å². The molecule has 0 bridgehead atoms. The van der Waals surface area contributed by atoms with Crippen molar-refractivity contribution < 1.29 is 4.79 Å². The number of anilines is 1. The summed E-state index contributed by atoms with van der Waals surface area (Å²) in [6.07, 6.45) is 2.64. The number of hydrogen-bond donors (Lipinski definition) is 2. The van der Waals surface area contributed by atoms with E-state index in [2.05, 4.69) is 12.2 Å². The van der Waals surface area contributed by atoms with E-state index in [0.29, 0.717) is 5.92 Å². The summed E-state index contributed by atoms with van der Waals surface area (Å²) in [5, 5.41) is 4.08. The number of rotatable bonds is 4. The van der Waals surface area contributed by atoms with Gasteiger partial charge >= 0.3 is 0 Å². The summed E-state index contributed by atoms with van der Waals surface area (Å²) in [6, 6.07) is 7.68. The van der Waals surface area contributed by atoms with E-state index in [0.717, 1.165) is 33.1 Å². The van der Waals surface area contributed by atoms with Crippen molar-refractivity contribution in [2.45, 2.75) is 19.8 Å². The minimum Gasteiger partial charge on any atom is -0.399 e. The third-order valence-corrected chi connectivity index (χ3v) is 4.89. The van der Waals surface area contributed by atoms with E-state index in [4.69, 9.17) is 5.73 Å². The number of nitrogens with two attached hydrogens (primary N) is 1. The molecule has 1 fully saturated rings. The van der Waals surface area contributed by atoms with Crippen LogP contribution in [-0.2, 0) is 0 Å². The van der Waals surface area contributed by atoms with Crippen LogP contribution in [0.5, 0.6) is 0 Å². The van der Waals surface area contributed by atoms with Gasteiger partial charge in [-0.15, -0.1) is 11.3 Å². The minimum absolute atomic E-state index is 0.0345. The highest BCUT2D eigenvalue weighted by Gasteiger charge is 2.28. The molecule has 3 nitrogen and oxygen atoms in total. The molecular weight excluding hydrogens is 256 g/mol. The maximum Gasteiger partial charge on any atom is 0.261 e.